The molecule has 2 rings (SSSR count). The summed E-state index contributed by atoms with van der Waals surface area (Å²) in [5.74, 6) is 0.283. The van der Waals surface area contributed by atoms with E-state index in [0.717, 1.165) is 6.42 Å². The van der Waals surface area contributed by atoms with Crippen LogP contribution in [0.15, 0.2) is 35.1 Å². The number of hydrogen-bond donors (Lipinski definition) is 2. The van der Waals surface area contributed by atoms with E-state index in [-0.39, 0.29) is 23.3 Å². The van der Waals surface area contributed by atoms with Crippen LogP contribution < -0.4 is 10.6 Å². The Bertz CT molecular complexity index is 750. The van der Waals surface area contributed by atoms with Crippen molar-refractivity contribution in [3.05, 3.63) is 40.6 Å². The van der Waals surface area contributed by atoms with E-state index in [1.807, 2.05) is 13.8 Å². The number of carbonyl (C=O) groups is 2. The Morgan fingerprint density at radius 2 is 2.00 bits per heavy atom. The first-order valence-corrected chi connectivity index (χ1v) is 8.82. The lowest BCUT2D eigenvalue weighted by Crippen LogP contribution is -2.41. The number of halogens is 2. The van der Waals surface area contributed by atoms with Crippen molar-refractivity contribution in [1.82, 2.24) is 10.1 Å². The molecule has 0 saturated heterocycles. The highest BCUT2D eigenvalue weighted by atomic mass is 35.5. The van der Waals surface area contributed by atoms with Gasteiger partial charge in [-0.3, -0.25) is 4.79 Å². The lowest BCUT2D eigenvalue weighted by Gasteiger charge is -2.23. The van der Waals surface area contributed by atoms with Crippen molar-refractivity contribution in [2.45, 2.75) is 20.3 Å². The summed E-state index contributed by atoms with van der Waals surface area (Å²) in [5.41, 5.74) is 0.385. The molecule has 9 heteroatoms. The van der Waals surface area contributed by atoms with Gasteiger partial charge in [-0.15, -0.1) is 0 Å². The molecule has 3 amide bonds. The third-order valence-electron chi connectivity index (χ3n) is 3.50. The van der Waals surface area contributed by atoms with Crippen molar-refractivity contribution in [1.29, 1.82) is 0 Å². The molecule has 0 fully saturated rings. The zero-order valence-corrected chi connectivity index (χ0v) is 16.0. The number of carbonyl (C=O) groups excluding carboxylic acids is 2. The Labute approximate surface area is 161 Å². The van der Waals surface area contributed by atoms with Gasteiger partial charge in [-0.1, -0.05) is 48.3 Å². The highest BCUT2D eigenvalue weighted by molar-refractivity contribution is 6.43. The molecule has 140 valence electrons. The summed E-state index contributed by atoms with van der Waals surface area (Å²) < 4.78 is 4.67. The van der Waals surface area contributed by atoms with Gasteiger partial charge in [-0.05, 0) is 24.5 Å². The predicted octanol–water partition coefficient (Wildman–Crippen LogP) is 4.50. The Hall–Kier alpha value is -2.25. The summed E-state index contributed by atoms with van der Waals surface area (Å²) in [5, 5.41) is 9.46. The highest BCUT2D eigenvalue weighted by Crippen LogP contribution is 2.29. The molecule has 26 heavy (non-hydrogen) atoms. The minimum atomic E-state index is -0.440. The van der Waals surface area contributed by atoms with Crippen molar-refractivity contribution in [2.24, 2.45) is 5.92 Å². The molecule has 1 aromatic carbocycles. The van der Waals surface area contributed by atoms with Crippen LogP contribution in [0.5, 0.6) is 0 Å². The van der Waals surface area contributed by atoms with E-state index in [2.05, 4.69) is 20.3 Å². The number of hydrogen-bond acceptors (Lipinski definition) is 4. The molecule has 0 aliphatic heterocycles. The third kappa shape index (κ3) is 5.93. The SMILES string of the molecule is CC(C)CCN(CC(=O)Nc1ccon1)C(=O)Nc1cccc(Cl)c1Cl. The zero-order chi connectivity index (χ0) is 19.1. The van der Waals surface area contributed by atoms with Crippen LogP contribution in [0, 0.1) is 5.92 Å². The fourth-order valence-electron chi connectivity index (χ4n) is 2.09. The van der Waals surface area contributed by atoms with Crippen molar-refractivity contribution in [3.8, 4) is 0 Å². The number of nitrogens with one attached hydrogen (secondary N) is 2. The van der Waals surface area contributed by atoms with Gasteiger partial charge in [-0.2, -0.15) is 0 Å². The van der Waals surface area contributed by atoms with Gasteiger partial charge in [-0.25, -0.2) is 4.79 Å². The number of amides is 3. The van der Waals surface area contributed by atoms with Crippen LogP contribution in [0.3, 0.4) is 0 Å². The number of anilines is 2. The molecule has 0 spiro atoms. The second-order valence-electron chi connectivity index (χ2n) is 6.07. The second-order valence-corrected chi connectivity index (χ2v) is 6.85. The van der Waals surface area contributed by atoms with E-state index in [9.17, 15) is 9.59 Å². The van der Waals surface area contributed by atoms with Gasteiger partial charge in [0.25, 0.3) is 0 Å². The molecule has 0 radical (unpaired) electrons. The largest absolute Gasteiger partial charge is 0.363 e. The molecule has 0 aliphatic carbocycles. The normalized spacial score (nSPS) is 10.7. The van der Waals surface area contributed by atoms with Gasteiger partial charge in [0.05, 0.1) is 15.7 Å². The smallest absolute Gasteiger partial charge is 0.322 e. The Balaban J connectivity index is 2.05. The molecule has 0 atom stereocenters. The monoisotopic (exact) mass is 398 g/mol. The van der Waals surface area contributed by atoms with Crippen LogP contribution in [0.4, 0.5) is 16.3 Å². The number of benzene rings is 1. The van der Waals surface area contributed by atoms with Crippen LogP contribution in [0.2, 0.25) is 10.0 Å². The van der Waals surface area contributed by atoms with E-state index >= 15 is 0 Å². The molecular weight excluding hydrogens is 379 g/mol. The Morgan fingerprint density at radius 1 is 1.23 bits per heavy atom. The van der Waals surface area contributed by atoms with Crippen molar-refractivity contribution < 1.29 is 14.1 Å². The molecule has 0 bridgehead atoms. The van der Waals surface area contributed by atoms with Gasteiger partial charge >= 0.3 is 6.03 Å². The number of nitrogens with zero attached hydrogens (tertiary/aromatic N) is 2. The molecule has 0 saturated carbocycles. The van der Waals surface area contributed by atoms with Crippen molar-refractivity contribution in [2.75, 3.05) is 23.7 Å². The fraction of sp³-hybridized carbons (Fsp3) is 0.353. The Morgan fingerprint density at radius 3 is 2.65 bits per heavy atom. The quantitative estimate of drug-likeness (QED) is 0.718. The number of urea groups is 1. The molecule has 1 heterocycles. The zero-order valence-electron chi connectivity index (χ0n) is 14.5. The van der Waals surface area contributed by atoms with Crippen molar-refractivity contribution >= 4 is 46.6 Å². The maximum absolute atomic E-state index is 12.6. The second kappa shape index (κ2) is 9.45. The van der Waals surface area contributed by atoms with Gasteiger partial charge in [0.15, 0.2) is 5.82 Å². The van der Waals surface area contributed by atoms with E-state index in [4.69, 9.17) is 23.2 Å². The molecule has 7 nitrogen and oxygen atoms in total. The van der Waals surface area contributed by atoms with Crippen LogP contribution in [-0.2, 0) is 4.79 Å². The summed E-state index contributed by atoms with van der Waals surface area (Å²) in [4.78, 5) is 26.2. The van der Waals surface area contributed by atoms with Gasteiger partial charge in [0.1, 0.15) is 12.8 Å². The minimum Gasteiger partial charge on any atom is -0.363 e. The number of aromatic nitrogens is 1. The minimum absolute atomic E-state index is 0.135. The summed E-state index contributed by atoms with van der Waals surface area (Å²) >= 11 is 12.1. The van der Waals surface area contributed by atoms with Crippen molar-refractivity contribution in [3.63, 3.8) is 0 Å². The first-order valence-electron chi connectivity index (χ1n) is 8.07. The maximum atomic E-state index is 12.6. The summed E-state index contributed by atoms with van der Waals surface area (Å²) in [6, 6.07) is 6.02. The average molecular weight is 399 g/mol. The summed E-state index contributed by atoms with van der Waals surface area (Å²) in [7, 11) is 0. The van der Waals surface area contributed by atoms with E-state index < -0.39 is 6.03 Å². The van der Waals surface area contributed by atoms with E-state index in [1.54, 1.807) is 18.2 Å². The topological polar surface area (TPSA) is 87.5 Å². The lowest BCUT2D eigenvalue weighted by atomic mass is 10.1. The van der Waals surface area contributed by atoms with E-state index in [1.165, 1.54) is 17.2 Å². The molecular formula is C17H20Cl2N4O3. The molecule has 0 aliphatic rings. The number of rotatable bonds is 7. The van der Waals surface area contributed by atoms with Crippen LogP contribution in [0.1, 0.15) is 20.3 Å². The first-order chi connectivity index (χ1) is 12.4. The first kappa shape index (κ1) is 20.1. The molecule has 2 aromatic rings. The van der Waals surface area contributed by atoms with Crippen LogP contribution >= 0.6 is 23.2 Å². The lowest BCUT2D eigenvalue weighted by molar-refractivity contribution is -0.116. The fourth-order valence-corrected chi connectivity index (χ4v) is 2.44. The summed E-state index contributed by atoms with van der Waals surface area (Å²) in [6.45, 7) is 4.36. The maximum Gasteiger partial charge on any atom is 0.322 e. The third-order valence-corrected chi connectivity index (χ3v) is 4.32. The Kier molecular flexibility index (Phi) is 7.29. The van der Waals surface area contributed by atoms with Crippen LogP contribution in [0.25, 0.3) is 0 Å². The highest BCUT2D eigenvalue weighted by Gasteiger charge is 2.19. The molecule has 2 N–H and O–H groups in total. The van der Waals surface area contributed by atoms with Gasteiger partial charge in [0.2, 0.25) is 5.91 Å². The average Bonchev–Trinajstić information content (AvgIpc) is 3.08. The van der Waals surface area contributed by atoms with E-state index in [0.29, 0.717) is 23.2 Å². The van der Waals surface area contributed by atoms with Gasteiger partial charge < -0.3 is 20.1 Å². The summed E-state index contributed by atoms with van der Waals surface area (Å²) in [6.07, 6.45) is 2.09. The van der Waals surface area contributed by atoms with Gasteiger partial charge in [0, 0.05) is 12.6 Å². The van der Waals surface area contributed by atoms with Crippen LogP contribution in [-0.4, -0.2) is 35.1 Å². The molecule has 1 aromatic heterocycles. The predicted molar refractivity (Wildman–Crippen MR) is 102 cm³/mol. The molecule has 0 unspecified atom stereocenters. The standard InChI is InChI=1S/C17H20Cl2N4O3/c1-11(2)6-8-23(10-15(24)21-14-7-9-26-22-14)17(25)20-13-5-3-4-12(18)16(13)19/h3-5,7,9,11H,6,8,10H2,1-2H3,(H,20,25)(H,21,22,24).